The molecule has 1 aliphatic heterocycles. The summed E-state index contributed by atoms with van der Waals surface area (Å²) in [5, 5.41) is 28.2. The van der Waals surface area contributed by atoms with Crippen LogP contribution in [0, 0.1) is 21.4 Å². The lowest BCUT2D eigenvalue weighted by Gasteiger charge is -2.26. The molecule has 2 heterocycles. The lowest BCUT2D eigenvalue weighted by Crippen LogP contribution is -2.28. The first-order valence-electron chi connectivity index (χ1n) is 8.14. The number of fused-ring (bicyclic) bond motifs is 1. The molecule has 0 spiro atoms. The molecule has 1 atom stereocenters. The van der Waals surface area contributed by atoms with Crippen LogP contribution in [0.15, 0.2) is 72.1 Å². The zero-order valence-corrected chi connectivity index (χ0v) is 14.0. The molecule has 0 fully saturated rings. The highest BCUT2D eigenvalue weighted by molar-refractivity contribution is 5.66. The van der Waals surface area contributed by atoms with Gasteiger partial charge in [0.25, 0.3) is 5.69 Å². The normalized spacial score (nSPS) is 15.6. The van der Waals surface area contributed by atoms with Gasteiger partial charge in [-0.15, -0.1) is 0 Å². The average molecular weight is 358 g/mol. The molecule has 0 saturated carbocycles. The minimum absolute atomic E-state index is 0.0196. The monoisotopic (exact) mass is 358 g/mol. The Morgan fingerprint density at radius 3 is 2.52 bits per heavy atom. The van der Waals surface area contributed by atoms with Crippen molar-refractivity contribution in [3.63, 3.8) is 0 Å². The van der Waals surface area contributed by atoms with E-state index in [0.29, 0.717) is 17.0 Å². The van der Waals surface area contributed by atoms with Crippen LogP contribution in [-0.2, 0) is 0 Å². The molecule has 0 bridgehead atoms. The third-order valence-electron chi connectivity index (χ3n) is 4.42. The number of allylic oxidation sites excluding steroid dienone is 1. The van der Waals surface area contributed by atoms with E-state index in [1.165, 1.54) is 12.1 Å². The van der Waals surface area contributed by atoms with Crippen molar-refractivity contribution in [3.8, 4) is 17.3 Å². The van der Waals surface area contributed by atoms with Crippen molar-refractivity contribution in [2.24, 2.45) is 5.73 Å². The summed E-state index contributed by atoms with van der Waals surface area (Å²) >= 11 is 0. The summed E-state index contributed by atoms with van der Waals surface area (Å²) in [6, 6.07) is 19.1. The second kappa shape index (κ2) is 6.31. The van der Waals surface area contributed by atoms with Gasteiger partial charge in [0.1, 0.15) is 23.7 Å². The van der Waals surface area contributed by atoms with Crippen molar-refractivity contribution < 1.29 is 4.92 Å². The summed E-state index contributed by atoms with van der Waals surface area (Å²) in [5.74, 6) is 0.890. The van der Waals surface area contributed by atoms with Gasteiger partial charge in [-0.2, -0.15) is 10.4 Å². The first kappa shape index (κ1) is 16.4. The molecule has 132 valence electrons. The van der Waals surface area contributed by atoms with E-state index >= 15 is 0 Å². The van der Waals surface area contributed by atoms with Gasteiger partial charge < -0.3 is 11.1 Å². The van der Waals surface area contributed by atoms with Crippen molar-refractivity contribution in [2.45, 2.75) is 6.04 Å². The number of aromatic nitrogens is 2. The molecule has 0 saturated heterocycles. The summed E-state index contributed by atoms with van der Waals surface area (Å²) in [5.41, 5.74) is 8.69. The zero-order chi connectivity index (χ0) is 19.0. The third-order valence-corrected chi connectivity index (χ3v) is 4.42. The molecule has 3 aromatic rings. The largest absolute Gasteiger partial charge is 0.384 e. The van der Waals surface area contributed by atoms with Gasteiger partial charge in [0.05, 0.1) is 16.2 Å². The molecule has 0 amide bonds. The third kappa shape index (κ3) is 2.77. The number of hydrogen-bond donors (Lipinski definition) is 2. The maximum absolute atomic E-state index is 10.9. The Hall–Kier alpha value is -4.12. The van der Waals surface area contributed by atoms with Gasteiger partial charge >= 0.3 is 0 Å². The highest BCUT2D eigenvalue weighted by Gasteiger charge is 2.30. The maximum atomic E-state index is 10.9. The van der Waals surface area contributed by atoms with Crippen LogP contribution in [0.2, 0.25) is 0 Å². The molecule has 8 heteroatoms. The van der Waals surface area contributed by atoms with E-state index in [-0.39, 0.29) is 11.5 Å². The predicted octanol–water partition coefficient (Wildman–Crippen LogP) is 3.17. The van der Waals surface area contributed by atoms with E-state index < -0.39 is 11.0 Å². The van der Waals surface area contributed by atoms with Gasteiger partial charge in [-0.25, -0.2) is 4.68 Å². The lowest BCUT2D eigenvalue weighted by molar-refractivity contribution is -0.384. The molecule has 2 aromatic carbocycles. The SMILES string of the molecule is N#CC1=C(N)Nc2cc(-c3ccccc3)nn2C1c1ccc([N+](=O)[O-])cc1. The van der Waals surface area contributed by atoms with Crippen molar-refractivity contribution in [3.05, 3.63) is 87.7 Å². The van der Waals surface area contributed by atoms with E-state index in [2.05, 4.69) is 16.5 Å². The molecule has 1 aliphatic rings. The molecule has 1 aromatic heterocycles. The number of non-ortho nitro benzene ring substituents is 1. The quantitative estimate of drug-likeness (QED) is 0.547. The fourth-order valence-electron chi connectivity index (χ4n) is 3.12. The zero-order valence-electron chi connectivity index (χ0n) is 14.0. The van der Waals surface area contributed by atoms with E-state index in [9.17, 15) is 15.4 Å². The highest BCUT2D eigenvalue weighted by atomic mass is 16.6. The average Bonchev–Trinajstić information content (AvgIpc) is 3.11. The smallest absolute Gasteiger partial charge is 0.269 e. The maximum Gasteiger partial charge on any atom is 0.269 e. The summed E-state index contributed by atoms with van der Waals surface area (Å²) in [4.78, 5) is 10.5. The summed E-state index contributed by atoms with van der Waals surface area (Å²) in [6.45, 7) is 0. The van der Waals surface area contributed by atoms with Crippen LogP contribution in [0.25, 0.3) is 11.3 Å². The first-order chi connectivity index (χ1) is 13.1. The van der Waals surface area contributed by atoms with Crippen molar-refractivity contribution in [2.75, 3.05) is 5.32 Å². The Morgan fingerprint density at radius 1 is 1.19 bits per heavy atom. The van der Waals surface area contributed by atoms with E-state index in [1.807, 2.05) is 36.4 Å². The summed E-state index contributed by atoms with van der Waals surface area (Å²) in [7, 11) is 0. The van der Waals surface area contributed by atoms with E-state index in [1.54, 1.807) is 16.8 Å². The van der Waals surface area contributed by atoms with Gasteiger partial charge in [0.2, 0.25) is 0 Å². The molecule has 27 heavy (non-hydrogen) atoms. The van der Waals surface area contributed by atoms with Crippen LogP contribution in [0.3, 0.4) is 0 Å². The standard InChI is InChI=1S/C19H14N6O2/c20-11-15-18(13-6-8-14(9-7-13)25(26)27)24-17(22-19(15)21)10-16(23-24)12-4-2-1-3-5-12/h1-10,18,22H,21H2. The number of rotatable bonds is 3. The van der Waals surface area contributed by atoms with E-state index in [4.69, 9.17) is 5.73 Å². The number of anilines is 1. The number of hydrogen-bond acceptors (Lipinski definition) is 6. The van der Waals surface area contributed by atoms with Crippen LogP contribution in [-0.4, -0.2) is 14.7 Å². The molecule has 3 N–H and O–H groups in total. The number of nitrogens with zero attached hydrogens (tertiary/aromatic N) is 4. The lowest BCUT2D eigenvalue weighted by atomic mass is 9.98. The van der Waals surface area contributed by atoms with Crippen LogP contribution in [0.4, 0.5) is 11.5 Å². The highest BCUT2D eigenvalue weighted by Crippen LogP contribution is 2.36. The Labute approximate surface area is 154 Å². The number of nitro benzene ring substituents is 1. The Kier molecular flexibility index (Phi) is 3.82. The fraction of sp³-hybridized carbons (Fsp3) is 0.0526. The first-order valence-corrected chi connectivity index (χ1v) is 8.14. The van der Waals surface area contributed by atoms with Gasteiger partial charge in [-0.3, -0.25) is 10.1 Å². The predicted molar refractivity (Wildman–Crippen MR) is 99.3 cm³/mol. The van der Waals surface area contributed by atoms with Gasteiger partial charge in [0.15, 0.2) is 0 Å². The number of benzene rings is 2. The van der Waals surface area contributed by atoms with Crippen LogP contribution >= 0.6 is 0 Å². The number of nitro groups is 1. The minimum Gasteiger partial charge on any atom is -0.384 e. The topological polar surface area (TPSA) is 123 Å². The van der Waals surface area contributed by atoms with Crippen LogP contribution in [0.5, 0.6) is 0 Å². The number of nitriles is 1. The Bertz CT molecular complexity index is 1090. The van der Waals surface area contributed by atoms with Crippen molar-refractivity contribution in [1.82, 2.24) is 9.78 Å². The molecule has 0 radical (unpaired) electrons. The molecule has 8 nitrogen and oxygen atoms in total. The van der Waals surface area contributed by atoms with Crippen molar-refractivity contribution in [1.29, 1.82) is 5.26 Å². The second-order valence-corrected chi connectivity index (χ2v) is 6.04. The van der Waals surface area contributed by atoms with Gasteiger partial charge in [0, 0.05) is 23.8 Å². The minimum atomic E-state index is -0.565. The van der Waals surface area contributed by atoms with Crippen LogP contribution in [0.1, 0.15) is 11.6 Å². The Balaban J connectivity index is 1.84. The van der Waals surface area contributed by atoms with E-state index in [0.717, 1.165) is 11.3 Å². The molecule has 1 unspecified atom stereocenters. The second-order valence-electron chi connectivity index (χ2n) is 6.04. The molecular weight excluding hydrogens is 344 g/mol. The van der Waals surface area contributed by atoms with Crippen molar-refractivity contribution >= 4 is 11.5 Å². The van der Waals surface area contributed by atoms with Gasteiger partial charge in [-0.05, 0) is 17.7 Å². The summed E-state index contributed by atoms with van der Waals surface area (Å²) < 4.78 is 1.68. The Morgan fingerprint density at radius 2 is 1.89 bits per heavy atom. The molecule has 0 aliphatic carbocycles. The fourth-order valence-corrected chi connectivity index (χ4v) is 3.12. The molecular formula is C19H14N6O2. The number of nitrogens with two attached hydrogens (primary N) is 1. The summed E-state index contributed by atoms with van der Waals surface area (Å²) in [6.07, 6.45) is 0. The van der Waals surface area contributed by atoms with Crippen LogP contribution < -0.4 is 11.1 Å². The number of nitrogens with one attached hydrogen (secondary N) is 1. The molecule has 4 rings (SSSR count). The van der Waals surface area contributed by atoms with Gasteiger partial charge in [-0.1, -0.05) is 30.3 Å².